The summed E-state index contributed by atoms with van der Waals surface area (Å²) in [5.41, 5.74) is 7.61. The molecular weight excluding hydrogens is 332 g/mol. The van der Waals surface area contributed by atoms with E-state index in [1.807, 2.05) is 0 Å². The standard InChI is InChI=1S/C14H24N6O3S/c1-19(2)24(21,22)20-6-3-11-12(4-7-20)17-14(15)18-13(11)16-10-5-8-23-9-10/h10H,3-9H2,1-2H3,(H3,15,16,17,18). The van der Waals surface area contributed by atoms with Crippen LogP contribution >= 0.6 is 0 Å². The Labute approximate surface area is 142 Å². The van der Waals surface area contributed by atoms with Gasteiger partial charge in [-0.05, 0) is 12.8 Å². The second kappa shape index (κ2) is 6.79. The summed E-state index contributed by atoms with van der Waals surface area (Å²) >= 11 is 0. The summed E-state index contributed by atoms with van der Waals surface area (Å²) in [4.78, 5) is 8.67. The minimum Gasteiger partial charge on any atom is -0.379 e. The summed E-state index contributed by atoms with van der Waals surface area (Å²) in [6, 6.07) is 0.202. The Morgan fingerprint density at radius 1 is 1.29 bits per heavy atom. The first-order valence-corrected chi connectivity index (χ1v) is 9.45. The molecule has 0 spiro atoms. The topological polar surface area (TPSA) is 114 Å². The van der Waals surface area contributed by atoms with Crippen molar-refractivity contribution in [2.45, 2.75) is 25.3 Å². The minimum absolute atomic E-state index is 0.202. The van der Waals surface area contributed by atoms with E-state index in [2.05, 4.69) is 15.3 Å². The smallest absolute Gasteiger partial charge is 0.281 e. The Balaban J connectivity index is 1.85. The van der Waals surface area contributed by atoms with Gasteiger partial charge in [-0.2, -0.15) is 22.0 Å². The van der Waals surface area contributed by atoms with E-state index >= 15 is 0 Å². The fourth-order valence-corrected chi connectivity index (χ4v) is 4.13. The van der Waals surface area contributed by atoms with E-state index in [1.54, 1.807) is 0 Å². The molecule has 0 aliphatic carbocycles. The monoisotopic (exact) mass is 356 g/mol. The van der Waals surface area contributed by atoms with Gasteiger partial charge in [0.2, 0.25) is 5.95 Å². The molecule has 1 atom stereocenters. The van der Waals surface area contributed by atoms with E-state index in [-0.39, 0.29) is 12.0 Å². The minimum atomic E-state index is -3.44. The molecule has 0 amide bonds. The van der Waals surface area contributed by atoms with Gasteiger partial charge < -0.3 is 15.8 Å². The summed E-state index contributed by atoms with van der Waals surface area (Å²) in [7, 11) is -0.360. The second-order valence-corrected chi connectivity index (χ2v) is 8.39. The molecule has 10 heteroatoms. The molecule has 9 nitrogen and oxygen atoms in total. The predicted octanol–water partition coefficient (Wildman–Crippen LogP) is -0.533. The average molecular weight is 356 g/mol. The number of fused-ring (bicyclic) bond motifs is 1. The van der Waals surface area contributed by atoms with Crippen LogP contribution in [0.15, 0.2) is 0 Å². The van der Waals surface area contributed by atoms with Crippen molar-refractivity contribution < 1.29 is 13.2 Å². The van der Waals surface area contributed by atoms with Crippen molar-refractivity contribution in [1.29, 1.82) is 0 Å². The van der Waals surface area contributed by atoms with Crippen LogP contribution in [0.4, 0.5) is 11.8 Å². The van der Waals surface area contributed by atoms with Gasteiger partial charge in [0, 0.05) is 45.8 Å². The number of nitrogens with zero attached hydrogens (tertiary/aromatic N) is 4. The van der Waals surface area contributed by atoms with Crippen LogP contribution in [-0.4, -0.2) is 73.4 Å². The van der Waals surface area contributed by atoms with Crippen molar-refractivity contribution in [2.24, 2.45) is 0 Å². The number of anilines is 2. The fourth-order valence-electron chi connectivity index (χ4n) is 3.02. The van der Waals surface area contributed by atoms with Crippen LogP contribution in [0, 0.1) is 0 Å². The number of nitrogens with one attached hydrogen (secondary N) is 1. The maximum absolute atomic E-state index is 12.4. The maximum Gasteiger partial charge on any atom is 0.281 e. The van der Waals surface area contributed by atoms with Gasteiger partial charge >= 0.3 is 0 Å². The van der Waals surface area contributed by atoms with E-state index in [1.165, 1.54) is 22.7 Å². The largest absolute Gasteiger partial charge is 0.379 e. The highest BCUT2D eigenvalue weighted by molar-refractivity contribution is 7.86. The highest BCUT2D eigenvalue weighted by atomic mass is 32.2. The third-order valence-corrected chi connectivity index (χ3v) is 6.32. The number of rotatable bonds is 4. The lowest BCUT2D eigenvalue weighted by Crippen LogP contribution is -2.41. The molecule has 0 saturated carbocycles. The van der Waals surface area contributed by atoms with E-state index in [9.17, 15) is 8.42 Å². The summed E-state index contributed by atoms with van der Waals surface area (Å²) < 4.78 is 32.9. The molecule has 1 saturated heterocycles. The highest BCUT2D eigenvalue weighted by Gasteiger charge is 2.29. The van der Waals surface area contributed by atoms with Gasteiger partial charge in [-0.25, -0.2) is 4.98 Å². The van der Waals surface area contributed by atoms with E-state index < -0.39 is 10.2 Å². The summed E-state index contributed by atoms with van der Waals surface area (Å²) in [5.74, 6) is 0.913. The van der Waals surface area contributed by atoms with E-state index in [0.717, 1.165) is 24.3 Å². The first kappa shape index (κ1) is 17.3. The van der Waals surface area contributed by atoms with Crippen LogP contribution in [0.1, 0.15) is 17.7 Å². The SMILES string of the molecule is CN(C)S(=O)(=O)N1CCc2nc(N)nc(NC3CCOC3)c2CC1. The zero-order valence-electron chi connectivity index (χ0n) is 14.0. The summed E-state index contributed by atoms with van der Waals surface area (Å²) in [5, 5.41) is 3.38. The van der Waals surface area contributed by atoms with Crippen molar-refractivity contribution in [3.05, 3.63) is 11.3 Å². The Kier molecular flexibility index (Phi) is 4.90. The number of ether oxygens (including phenoxy) is 1. The van der Waals surface area contributed by atoms with Crippen LogP contribution < -0.4 is 11.1 Å². The van der Waals surface area contributed by atoms with Crippen molar-refractivity contribution >= 4 is 22.0 Å². The van der Waals surface area contributed by atoms with Crippen molar-refractivity contribution in [3.8, 4) is 0 Å². The van der Waals surface area contributed by atoms with Crippen LogP contribution in [0.3, 0.4) is 0 Å². The molecule has 1 aromatic heterocycles. The molecule has 2 aliphatic rings. The predicted molar refractivity (Wildman–Crippen MR) is 90.9 cm³/mol. The Hall–Kier alpha value is -1.49. The van der Waals surface area contributed by atoms with Crippen molar-refractivity contribution in [3.63, 3.8) is 0 Å². The zero-order chi connectivity index (χ0) is 17.3. The highest BCUT2D eigenvalue weighted by Crippen LogP contribution is 2.25. The second-order valence-electron chi connectivity index (χ2n) is 6.25. The first-order valence-electron chi connectivity index (χ1n) is 8.05. The van der Waals surface area contributed by atoms with Crippen LogP contribution in [0.25, 0.3) is 0 Å². The van der Waals surface area contributed by atoms with Gasteiger partial charge in [-0.1, -0.05) is 0 Å². The van der Waals surface area contributed by atoms with Crippen molar-refractivity contribution in [1.82, 2.24) is 18.6 Å². The molecule has 1 unspecified atom stereocenters. The van der Waals surface area contributed by atoms with Crippen molar-refractivity contribution in [2.75, 3.05) is 51.4 Å². The van der Waals surface area contributed by atoms with Gasteiger partial charge in [-0.3, -0.25) is 0 Å². The molecule has 1 fully saturated rings. The lowest BCUT2D eigenvalue weighted by molar-refractivity contribution is 0.195. The van der Waals surface area contributed by atoms with Crippen LogP contribution in [0.5, 0.6) is 0 Å². The van der Waals surface area contributed by atoms with Gasteiger partial charge in [0.05, 0.1) is 18.3 Å². The Morgan fingerprint density at radius 2 is 2.04 bits per heavy atom. The van der Waals surface area contributed by atoms with E-state index in [0.29, 0.717) is 38.4 Å². The summed E-state index contributed by atoms with van der Waals surface area (Å²) in [6.07, 6.45) is 1.99. The number of hydrogen-bond acceptors (Lipinski definition) is 7. The number of hydrogen-bond donors (Lipinski definition) is 2. The molecule has 3 rings (SSSR count). The maximum atomic E-state index is 12.4. The molecule has 3 heterocycles. The van der Waals surface area contributed by atoms with E-state index in [4.69, 9.17) is 10.5 Å². The van der Waals surface area contributed by atoms with Gasteiger partial charge in [0.25, 0.3) is 10.2 Å². The molecule has 0 aromatic carbocycles. The van der Waals surface area contributed by atoms with Gasteiger partial charge in [0.15, 0.2) is 0 Å². The molecule has 2 aliphatic heterocycles. The quantitative estimate of drug-likeness (QED) is 0.745. The molecular formula is C14H24N6O3S. The molecule has 0 radical (unpaired) electrons. The number of nitrogen functional groups attached to an aromatic ring is 1. The molecule has 1 aromatic rings. The molecule has 134 valence electrons. The zero-order valence-corrected chi connectivity index (χ0v) is 14.8. The molecule has 3 N–H and O–H groups in total. The lowest BCUT2D eigenvalue weighted by Gasteiger charge is -2.23. The third kappa shape index (κ3) is 3.46. The lowest BCUT2D eigenvalue weighted by atomic mass is 10.1. The Bertz CT molecular complexity index is 703. The van der Waals surface area contributed by atoms with Gasteiger partial charge in [0.1, 0.15) is 5.82 Å². The number of aromatic nitrogens is 2. The van der Waals surface area contributed by atoms with Gasteiger partial charge in [-0.15, -0.1) is 0 Å². The third-order valence-electron chi connectivity index (χ3n) is 4.38. The van der Waals surface area contributed by atoms with Crippen LogP contribution in [0.2, 0.25) is 0 Å². The summed E-state index contributed by atoms with van der Waals surface area (Å²) in [6.45, 7) is 2.15. The number of nitrogens with two attached hydrogens (primary N) is 1. The average Bonchev–Trinajstić information content (AvgIpc) is 2.91. The molecule has 0 bridgehead atoms. The first-order chi connectivity index (χ1) is 11.4. The fraction of sp³-hybridized carbons (Fsp3) is 0.714. The Morgan fingerprint density at radius 3 is 2.71 bits per heavy atom. The molecule has 24 heavy (non-hydrogen) atoms. The normalized spacial score (nSPS) is 22.4. The van der Waals surface area contributed by atoms with Crippen LogP contribution in [-0.2, 0) is 27.8 Å².